The number of ether oxygens (including phenoxy) is 2. The average molecular weight is 372 g/mol. The smallest absolute Gasteiger partial charge is 0.220 e. The lowest BCUT2D eigenvalue weighted by Gasteiger charge is -2.29. The topological polar surface area (TPSA) is 79.5 Å². The van der Waals surface area contributed by atoms with Gasteiger partial charge in [-0.3, -0.25) is 14.8 Å². The third-order valence-corrected chi connectivity index (χ3v) is 5.04. The number of amides is 1. The minimum Gasteiger partial charge on any atom is -0.497 e. The van der Waals surface area contributed by atoms with E-state index in [0.29, 0.717) is 12.5 Å². The second-order valence-electron chi connectivity index (χ2n) is 7.16. The van der Waals surface area contributed by atoms with E-state index in [1.54, 1.807) is 14.2 Å². The minimum atomic E-state index is 0.149. The van der Waals surface area contributed by atoms with Crippen LogP contribution in [0, 0.1) is 0 Å². The molecule has 1 aromatic carbocycles. The number of carbonyl (C=O) groups excluding carboxylic acids is 1. The van der Waals surface area contributed by atoms with Crippen LogP contribution in [-0.2, 0) is 11.3 Å². The number of aromatic nitrogens is 2. The molecule has 2 aromatic rings. The molecule has 0 saturated carbocycles. The number of nitrogens with one attached hydrogen (secondary N) is 2. The maximum atomic E-state index is 11.5. The zero-order valence-electron chi connectivity index (χ0n) is 16.4. The van der Waals surface area contributed by atoms with Crippen LogP contribution in [0.5, 0.6) is 11.5 Å². The van der Waals surface area contributed by atoms with Gasteiger partial charge in [-0.15, -0.1) is 0 Å². The number of rotatable bonds is 8. The molecule has 146 valence electrons. The summed E-state index contributed by atoms with van der Waals surface area (Å²) in [6, 6.07) is 6.32. The Morgan fingerprint density at radius 2 is 2.11 bits per heavy atom. The van der Waals surface area contributed by atoms with E-state index in [1.165, 1.54) is 0 Å². The molecule has 2 N–H and O–H groups in total. The van der Waals surface area contributed by atoms with Crippen LogP contribution in [0.3, 0.4) is 0 Å². The van der Waals surface area contributed by atoms with E-state index in [0.717, 1.165) is 47.8 Å². The summed E-state index contributed by atoms with van der Waals surface area (Å²) in [4.78, 5) is 13.9. The summed E-state index contributed by atoms with van der Waals surface area (Å²) in [5.41, 5.74) is 2.98. The molecule has 1 saturated heterocycles. The highest BCUT2D eigenvalue weighted by Crippen LogP contribution is 2.34. The van der Waals surface area contributed by atoms with Crippen LogP contribution in [-0.4, -0.2) is 53.9 Å². The van der Waals surface area contributed by atoms with E-state index >= 15 is 0 Å². The molecule has 1 fully saturated rings. The fourth-order valence-electron chi connectivity index (χ4n) is 3.44. The molecule has 0 spiro atoms. The Balaban J connectivity index is 1.82. The van der Waals surface area contributed by atoms with E-state index in [4.69, 9.17) is 9.47 Å². The minimum absolute atomic E-state index is 0.149. The van der Waals surface area contributed by atoms with Crippen molar-refractivity contribution in [3.8, 4) is 22.8 Å². The van der Waals surface area contributed by atoms with Crippen LogP contribution < -0.4 is 14.8 Å². The molecule has 0 bridgehead atoms. The van der Waals surface area contributed by atoms with Crippen molar-refractivity contribution in [2.75, 3.05) is 20.8 Å². The molecule has 7 heteroatoms. The van der Waals surface area contributed by atoms with E-state index < -0.39 is 0 Å². The van der Waals surface area contributed by atoms with Gasteiger partial charge >= 0.3 is 0 Å². The first-order chi connectivity index (χ1) is 13.0. The Morgan fingerprint density at radius 3 is 2.74 bits per heavy atom. The van der Waals surface area contributed by atoms with Crippen LogP contribution in [0.1, 0.15) is 32.3 Å². The Labute approximate surface area is 160 Å². The quantitative estimate of drug-likeness (QED) is 0.745. The monoisotopic (exact) mass is 372 g/mol. The number of H-pyrrole nitrogens is 1. The molecule has 27 heavy (non-hydrogen) atoms. The molecule has 1 aromatic heterocycles. The summed E-state index contributed by atoms with van der Waals surface area (Å²) in [7, 11) is 3.29. The Kier molecular flexibility index (Phi) is 6.01. The van der Waals surface area contributed by atoms with Gasteiger partial charge in [-0.05, 0) is 32.4 Å². The predicted molar refractivity (Wildman–Crippen MR) is 104 cm³/mol. The lowest BCUT2D eigenvalue weighted by molar-refractivity contribution is -0.119. The first kappa shape index (κ1) is 19.2. The maximum Gasteiger partial charge on any atom is 0.220 e. The van der Waals surface area contributed by atoms with Gasteiger partial charge < -0.3 is 14.8 Å². The van der Waals surface area contributed by atoms with Crippen molar-refractivity contribution in [3.63, 3.8) is 0 Å². The lowest BCUT2D eigenvalue weighted by atomic mass is 10.1. The van der Waals surface area contributed by atoms with E-state index in [-0.39, 0.29) is 11.9 Å². The molecule has 1 amide bonds. The standard InChI is InChI=1S/C20H28N4O3/c1-13(2)24(12-15-5-8-19(25)22-15)11-14-10-21-23-20(14)17-7-6-16(26-3)9-18(17)27-4/h6-7,9-10,13,15H,5,8,11-12H2,1-4H3,(H,21,23)(H,22,25)/t15-/m1/s1. The summed E-state index contributed by atoms with van der Waals surface area (Å²) in [6.07, 6.45) is 3.38. The number of nitrogens with zero attached hydrogens (tertiary/aromatic N) is 2. The number of benzene rings is 1. The highest BCUT2D eigenvalue weighted by molar-refractivity contribution is 5.78. The second-order valence-corrected chi connectivity index (χ2v) is 7.16. The van der Waals surface area contributed by atoms with Crippen molar-refractivity contribution >= 4 is 5.91 Å². The van der Waals surface area contributed by atoms with Gasteiger partial charge in [0.2, 0.25) is 5.91 Å². The van der Waals surface area contributed by atoms with Crippen molar-refractivity contribution < 1.29 is 14.3 Å². The summed E-state index contributed by atoms with van der Waals surface area (Å²) in [5.74, 6) is 1.63. The second kappa shape index (κ2) is 8.43. The molecule has 0 radical (unpaired) electrons. The third kappa shape index (κ3) is 4.42. The molecule has 1 aliphatic rings. The summed E-state index contributed by atoms with van der Waals surface area (Å²) >= 11 is 0. The molecule has 0 aliphatic carbocycles. The Bertz CT molecular complexity index is 787. The fourth-order valence-corrected chi connectivity index (χ4v) is 3.44. The first-order valence-corrected chi connectivity index (χ1v) is 9.30. The number of hydrogen-bond acceptors (Lipinski definition) is 5. The molecule has 3 rings (SSSR count). The van der Waals surface area contributed by atoms with Gasteiger partial charge in [0.05, 0.1) is 26.1 Å². The Morgan fingerprint density at radius 1 is 1.30 bits per heavy atom. The van der Waals surface area contributed by atoms with Gasteiger partial charge in [-0.1, -0.05) is 0 Å². The van der Waals surface area contributed by atoms with Crippen LogP contribution in [0.4, 0.5) is 0 Å². The average Bonchev–Trinajstić information content (AvgIpc) is 3.29. The van der Waals surface area contributed by atoms with Gasteiger partial charge in [0.15, 0.2) is 0 Å². The lowest BCUT2D eigenvalue weighted by Crippen LogP contribution is -2.41. The molecular weight excluding hydrogens is 344 g/mol. The van der Waals surface area contributed by atoms with E-state index in [1.807, 2.05) is 24.4 Å². The van der Waals surface area contributed by atoms with Gasteiger partial charge in [0.25, 0.3) is 0 Å². The first-order valence-electron chi connectivity index (χ1n) is 9.30. The predicted octanol–water partition coefficient (Wildman–Crippen LogP) is 2.58. The van der Waals surface area contributed by atoms with Crippen LogP contribution in [0.15, 0.2) is 24.4 Å². The number of aromatic amines is 1. The molecule has 1 atom stereocenters. The number of methoxy groups -OCH3 is 2. The largest absolute Gasteiger partial charge is 0.497 e. The molecular formula is C20H28N4O3. The Hall–Kier alpha value is -2.54. The highest BCUT2D eigenvalue weighted by atomic mass is 16.5. The third-order valence-electron chi connectivity index (χ3n) is 5.04. The molecule has 1 aliphatic heterocycles. The molecule has 7 nitrogen and oxygen atoms in total. The summed E-state index contributed by atoms with van der Waals surface area (Å²) in [6.45, 7) is 5.91. The molecule has 0 unspecified atom stereocenters. The van der Waals surface area contributed by atoms with Gasteiger partial charge in [0, 0.05) is 48.8 Å². The SMILES string of the molecule is COc1ccc(-c2[nH]ncc2CN(C[C@H]2CCC(=O)N2)C(C)C)c(OC)c1. The van der Waals surface area contributed by atoms with E-state index in [2.05, 4.69) is 34.3 Å². The zero-order chi connectivity index (χ0) is 19.4. The maximum absolute atomic E-state index is 11.5. The highest BCUT2D eigenvalue weighted by Gasteiger charge is 2.25. The van der Waals surface area contributed by atoms with Crippen molar-refractivity contribution in [1.82, 2.24) is 20.4 Å². The summed E-state index contributed by atoms with van der Waals surface area (Å²) < 4.78 is 10.8. The van der Waals surface area contributed by atoms with Crippen molar-refractivity contribution in [3.05, 3.63) is 30.0 Å². The fraction of sp³-hybridized carbons (Fsp3) is 0.500. The zero-order valence-corrected chi connectivity index (χ0v) is 16.4. The number of hydrogen-bond donors (Lipinski definition) is 2. The normalized spacial score (nSPS) is 16.8. The number of carbonyl (C=O) groups is 1. The van der Waals surface area contributed by atoms with Crippen LogP contribution in [0.25, 0.3) is 11.3 Å². The van der Waals surface area contributed by atoms with Gasteiger partial charge in [-0.25, -0.2) is 0 Å². The van der Waals surface area contributed by atoms with Crippen molar-refractivity contribution in [2.45, 2.75) is 45.3 Å². The van der Waals surface area contributed by atoms with Crippen LogP contribution in [0.2, 0.25) is 0 Å². The van der Waals surface area contributed by atoms with Crippen molar-refractivity contribution in [2.24, 2.45) is 0 Å². The van der Waals surface area contributed by atoms with Gasteiger partial charge in [-0.2, -0.15) is 5.10 Å². The van der Waals surface area contributed by atoms with Gasteiger partial charge in [0.1, 0.15) is 11.5 Å². The van der Waals surface area contributed by atoms with Crippen molar-refractivity contribution in [1.29, 1.82) is 0 Å². The van der Waals surface area contributed by atoms with Crippen LogP contribution >= 0.6 is 0 Å². The molecule has 2 heterocycles. The van der Waals surface area contributed by atoms with E-state index in [9.17, 15) is 4.79 Å². The summed E-state index contributed by atoms with van der Waals surface area (Å²) in [5, 5.41) is 10.4.